The molecule has 2 N–H and O–H groups in total. The first kappa shape index (κ1) is 25.0. The van der Waals surface area contributed by atoms with Crippen LogP contribution in [0.2, 0.25) is 0 Å². The lowest BCUT2D eigenvalue weighted by molar-refractivity contribution is -0.144. The quantitative estimate of drug-likeness (QED) is 0.690. The van der Waals surface area contributed by atoms with E-state index in [1.54, 1.807) is 0 Å². The van der Waals surface area contributed by atoms with E-state index >= 15 is 0 Å². The van der Waals surface area contributed by atoms with Crippen molar-refractivity contribution in [2.24, 2.45) is 17.3 Å². The highest BCUT2D eigenvalue weighted by Gasteiger charge is 2.45. The van der Waals surface area contributed by atoms with Crippen molar-refractivity contribution in [1.82, 2.24) is 10.2 Å². The zero-order valence-corrected chi connectivity index (χ0v) is 21.3. The number of piperidine rings is 1. The molecule has 186 valence electrons. The van der Waals surface area contributed by atoms with Crippen LogP contribution >= 0.6 is 0 Å². The maximum absolute atomic E-state index is 13.4. The van der Waals surface area contributed by atoms with Gasteiger partial charge in [-0.3, -0.25) is 9.59 Å². The summed E-state index contributed by atoms with van der Waals surface area (Å²) in [6.45, 7) is 9.94. The van der Waals surface area contributed by atoms with E-state index in [1.807, 2.05) is 24.0 Å². The van der Waals surface area contributed by atoms with E-state index in [1.165, 1.54) is 25.7 Å². The summed E-state index contributed by atoms with van der Waals surface area (Å²) in [5, 5.41) is 15.4. The Balaban J connectivity index is 1.39. The molecule has 1 saturated carbocycles. The van der Waals surface area contributed by atoms with E-state index in [2.05, 4.69) is 44.3 Å². The number of fused-ring (bicyclic) bond motifs is 2. The van der Waals surface area contributed by atoms with Crippen molar-refractivity contribution < 1.29 is 14.7 Å². The van der Waals surface area contributed by atoms with Crippen molar-refractivity contribution in [3.05, 3.63) is 34.2 Å². The molecular weight excluding hydrogens is 424 g/mol. The van der Waals surface area contributed by atoms with Crippen molar-refractivity contribution >= 4 is 24.0 Å². The fraction of sp³-hybridized carbons (Fsp3) is 0.655. The summed E-state index contributed by atoms with van der Waals surface area (Å²) >= 11 is 0. The van der Waals surface area contributed by atoms with E-state index in [9.17, 15) is 14.7 Å². The standard InChI is InChI=1S/C29H42N2O3/c1-5-19-16-21(27(32)31-25-12-13-26(31)18-22(17-25)28(33)34)7-6-20(19)14-15-30-24-10-8-23(9-11-24)29(2,3)4/h5-7,14,16,22-26,30H,8-13,15,17-18H2,1-4H3,(H,33,34)/b19-5-,20-14-. The van der Waals surface area contributed by atoms with E-state index < -0.39 is 5.97 Å². The van der Waals surface area contributed by atoms with Gasteiger partial charge in [0.15, 0.2) is 0 Å². The third-order valence-electron chi connectivity index (χ3n) is 8.64. The van der Waals surface area contributed by atoms with Gasteiger partial charge in [-0.1, -0.05) is 39.0 Å². The fourth-order valence-corrected chi connectivity index (χ4v) is 6.50. The molecule has 0 radical (unpaired) electrons. The number of carboxylic acids is 1. The molecule has 2 aliphatic heterocycles. The average Bonchev–Trinajstić information content (AvgIpc) is 3.07. The van der Waals surface area contributed by atoms with Crippen molar-refractivity contribution in [2.75, 3.05) is 6.54 Å². The van der Waals surface area contributed by atoms with Gasteiger partial charge in [-0.2, -0.15) is 0 Å². The van der Waals surface area contributed by atoms with Crippen LogP contribution in [0, 0.1) is 17.3 Å². The number of hydrogen-bond acceptors (Lipinski definition) is 3. The summed E-state index contributed by atoms with van der Waals surface area (Å²) in [5.74, 6) is -0.150. The normalized spacial score (nSPS) is 30.6. The highest BCUT2D eigenvalue weighted by atomic mass is 16.4. The first-order chi connectivity index (χ1) is 16.2. The fourth-order valence-electron chi connectivity index (χ4n) is 6.50. The third-order valence-corrected chi connectivity index (χ3v) is 8.64. The Morgan fingerprint density at radius 2 is 1.68 bits per heavy atom. The Morgan fingerprint density at radius 1 is 1.03 bits per heavy atom. The number of nitrogens with zero attached hydrogens (tertiary/aromatic N) is 1. The number of carbonyl (C=O) groups is 2. The Hall–Kier alpha value is -2.14. The van der Waals surface area contributed by atoms with E-state index in [-0.39, 0.29) is 23.9 Å². The lowest BCUT2D eigenvalue weighted by atomic mass is 9.71. The number of amides is 1. The molecule has 1 amide bonds. The number of benzene rings is 1. The predicted molar refractivity (Wildman–Crippen MR) is 137 cm³/mol. The molecule has 2 saturated heterocycles. The van der Waals surface area contributed by atoms with Crippen LogP contribution in [0.4, 0.5) is 0 Å². The van der Waals surface area contributed by atoms with Crippen LogP contribution in [0.5, 0.6) is 0 Å². The minimum atomic E-state index is -0.720. The molecule has 1 aromatic rings. The Bertz CT molecular complexity index is 1000. The predicted octanol–water partition coefficient (Wildman–Crippen LogP) is 3.93. The molecule has 34 heavy (non-hydrogen) atoms. The molecule has 2 bridgehead atoms. The van der Waals surface area contributed by atoms with Gasteiger partial charge in [-0.25, -0.2) is 0 Å². The molecule has 5 heteroatoms. The van der Waals surface area contributed by atoms with E-state index in [0.717, 1.165) is 35.7 Å². The van der Waals surface area contributed by atoms with Crippen LogP contribution < -0.4 is 15.8 Å². The van der Waals surface area contributed by atoms with Crippen molar-refractivity contribution in [1.29, 1.82) is 0 Å². The van der Waals surface area contributed by atoms with Crippen LogP contribution in [-0.4, -0.2) is 46.6 Å². The zero-order chi connectivity index (χ0) is 24.5. The van der Waals surface area contributed by atoms with Gasteiger partial charge in [-0.05, 0) is 92.2 Å². The van der Waals surface area contributed by atoms with E-state index in [0.29, 0.717) is 29.9 Å². The summed E-state index contributed by atoms with van der Waals surface area (Å²) in [6, 6.07) is 6.72. The number of hydrogen-bond donors (Lipinski definition) is 2. The van der Waals surface area contributed by atoms with Crippen LogP contribution in [-0.2, 0) is 4.79 Å². The topological polar surface area (TPSA) is 69.6 Å². The third kappa shape index (κ3) is 5.40. The van der Waals surface area contributed by atoms with Crippen LogP contribution in [0.1, 0.15) is 89.4 Å². The van der Waals surface area contributed by atoms with Gasteiger partial charge in [0.1, 0.15) is 0 Å². The monoisotopic (exact) mass is 466 g/mol. The molecule has 1 aromatic carbocycles. The SMILES string of the molecule is C/C=c1/cc(C(=O)N2C3CCC2CC(C(=O)O)C3)cc/c1=C/CNC1CCC(C(C)(C)C)CC1. The van der Waals surface area contributed by atoms with Gasteiger partial charge in [0.2, 0.25) is 0 Å². The molecular formula is C29H42N2O3. The number of rotatable bonds is 5. The van der Waals surface area contributed by atoms with Crippen LogP contribution in [0.15, 0.2) is 18.2 Å². The van der Waals surface area contributed by atoms with Crippen LogP contribution in [0.3, 0.4) is 0 Å². The maximum atomic E-state index is 13.4. The summed E-state index contributed by atoms with van der Waals surface area (Å²) < 4.78 is 0. The molecule has 2 unspecified atom stereocenters. The van der Waals surface area contributed by atoms with Gasteiger partial charge in [0, 0.05) is 30.2 Å². The molecule has 0 aromatic heterocycles. The van der Waals surface area contributed by atoms with E-state index in [4.69, 9.17) is 0 Å². The second-order valence-electron chi connectivity index (χ2n) is 11.8. The van der Waals surface area contributed by atoms with Crippen molar-refractivity contribution in [2.45, 2.75) is 97.2 Å². The number of nitrogens with one attached hydrogen (secondary N) is 1. The Kier molecular flexibility index (Phi) is 7.51. The van der Waals surface area contributed by atoms with Gasteiger partial charge in [-0.15, -0.1) is 0 Å². The molecule has 5 nitrogen and oxygen atoms in total. The molecule has 0 spiro atoms. The summed E-state index contributed by atoms with van der Waals surface area (Å²) in [4.78, 5) is 26.8. The molecule has 4 rings (SSSR count). The van der Waals surface area contributed by atoms with Gasteiger partial charge in [0.25, 0.3) is 5.91 Å². The smallest absolute Gasteiger partial charge is 0.306 e. The minimum Gasteiger partial charge on any atom is -0.481 e. The summed E-state index contributed by atoms with van der Waals surface area (Å²) in [5.41, 5.74) is 1.12. The molecule has 1 aliphatic carbocycles. The zero-order valence-electron chi connectivity index (χ0n) is 21.3. The van der Waals surface area contributed by atoms with Gasteiger partial charge < -0.3 is 15.3 Å². The highest BCUT2D eigenvalue weighted by Crippen LogP contribution is 2.40. The largest absolute Gasteiger partial charge is 0.481 e. The minimum absolute atomic E-state index is 0.0553. The van der Waals surface area contributed by atoms with Gasteiger partial charge >= 0.3 is 5.97 Å². The Labute approximate surface area is 204 Å². The Morgan fingerprint density at radius 3 is 2.24 bits per heavy atom. The second kappa shape index (κ2) is 10.2. The highest BCUT2D eigenvalue weighted by molar-refractivity contribution is 5.95. The lowest BCUT2D eigenvalue weighted by Gasteiger charge is -2.37. The molecule has 3 aliphatic rings. The van der Waals surface area contributed by atoms with Crippen LogP contribution in [0.25, 0.3) is 12.2 Å². The molecule has 3 fully saturated rings. The summed E-state index contributed by atoms with van der Waals surface area (Å²) in [7, 11) is 0. The number of carbonyl (C=O) groups excluding carboxylic acids is 1. The lowest BCUT2D eigenvalue weighted by Crippen LogP contribution is -2.48. The first-order valence-electron chi connectivity index (χ1n) is 13.2. The second-order valence-corrected chi connectivity index (χ2v) is 11.8. The van der Waals surface area contributed by atoms with Crippen molar-refractivity contribution in [3.8, 4) is 0 Å². The first-order valence-corrected chi connectivity index (χ1v) is 13.2. The van der Waals surface area contributed by atoms with Gasteiger partial charge in [0.05, 0.1) is 5.92 Å². The molecule has 2 atom stereocenters. The number of aliphatic carboxylic acids is 1. The molecule has 2 heterocycles. The number of carboxylic acid groups (broad SMARTS) is 1. The maximum Gasteiger partial charge on any atom is 0.306 e. The average molecular weight is 467 g/mol. The van der Waals surface area contributed by atoms with Crippen molar-refractivity contribution in [3.63, 3.8) is 0 Å². The summed E-state index contributed by atoms with van der Waals surface area (Å²) in [6.07, 6.45) is 12.4.